The number of aromatic nitrogens is 5. The first-order valence-electron chi connectivity index (χ1n) is 6.33. The summed E-state index contributed by atoms with van der Waals surface area (Å²) in [5.74, 6) is 0. The maximum Gasteiger partial charge on any atom is 0.154 e. The Morgan fingerprint density at radius 2 is 2.10 bits per heavy atom. The van der Waals surface area contributed by atoms with Crippen molar-refractivity contribution < 1.29 is 5.11 Å². The summed E-state index contributed by atoms with van der Waals surface area (Å²) in [6.07, 6.45) is 4.97. The minimum absolute atomic E-state index is 0.314. The summed E-state index contributed by atoms with van der Waals surface area (Å²) in [5, 5.41) is 23.0. The third-order valence-electron chi connectivity index (χ3n) is 3.52. The molecule has 2 heterocycles. The molecular weight excluding hydrogens is 278 g/mol. The van der Waals surface area contributed by atoms with Crippen LogP contribution < -0.4 is 0 Å². The summed E-state index contributed by atoms with van der Waals surface area (Å²) in [4.78, 5) is 3.91. The van der Waals surface area contributed by atoms with Crippen molar-refractivity contribution in [2.75, 3.05) is 0 Å². The molecule has 0 spiro atoms. The Morgan fingerprint density at radius 1 is 1.35 bits per heavy atom. The standard InChI is InChI=1S/C13H18ClN5O/c1-12(2,3)13(20,7-19-9-15-8-17-19)6-10-4-5-16-18-11(10)14/h4-5,8-9,20H,6-7H2,1-3H3. The highest BCUT2D eigenvalue weighted by atomic mass is 35.5. The van der Waals surface area contributed by atoms with Crippen LogP contribution in [0.4, 0.5) is 0 Å². The second-order valence-electron chi connectivity index (χ2n) is 5.90. The molecule has 0 bridgehead atoms. The Bertz CT molecular complexity index is 566. The van der Waals surface area contributed by atoms with Gasteiger partial charge in [-0.25, -0.2) is 4.98 Å². The van der Waals surface area contributed by atoms with Crippen LogP contribution in [0.1, 0.15) is 26.3 Å². The number of hydrogen-bond acceptors (Lipinski definition) is 5. The van der Waals surface area contributed by atoms with Gasteiger partial charge in [-0.2, -0.15) is 10.2 Å². The highest BCUT2D eigenvalue weighted by molar-refractivity contribution is 6.30. The Hall–Kier alpha value is -1.53. The maximum absolute atomic E-state index is 11.1. The van der Waals surface area contributed by atoms with Gasteiger partial charge in [-0.1, -0.05) is 32.4 Å². The third kappa shape index (κ3) is 3.13. The molecule has 0 aliphatic carbocycles. The lowest BCUT2D eigenvalue weighted by molar-refractivity contribution is -0.0731. The van der Waals surface area contributed by atoms with Crippen LogP contribution in [0.25, 0.3) is 0 Å². The van der Waals surface area contributed by atoms with Gasteiger partial charge in [0.1, 0.15) is 12.7 Å². The first-order valence-corrected chi connectivity index (χ1v) is 6.70. The SMILES string of the molecule is CC(C)(C)C(O)(Cc1ccnnc1Cl)Cn1cncn1. The van der Waals surface area contributed by atoms with E-state index >= 15 is 0 Å². The van der Waals surface area contributed by atoms with Crippen molar-refractivity contribution in [3.8, 4) is 0 Å². The molecule has 2 aromatic heterocycles. The summed E-state index contributed by atoms with van der Waals surface area (Å²) in [7, 11) is 0. The monoisotopic (exact) mass is 295 g/mol. The van der Waals surface area contributed by atoms with Crippen LogP contribution in [0.5, 0.6) is 0 Å². The molecule has 6 nitrogen and oxygen atoms in total. The highest BCUT2D eigenvalue weighted by Crippen LogP contribution is 2.35. The number of aliphatic hydroxyl groups is 1. The molecule has 0 aliphatic heterocycles. The second kappa shape index (κ2) is 5.46. The summed E-state index contributed by atoms with van der Waals surface area (Å²) in [5.41, 5.74) is -0.641. The molecule has 7 heteroatoms. The molecule has 1 N–H and O–H groups in total. The van der Waals surface area contributed by atoms with Gasteiger partial charge in [-0.15, -0.1) is 5.10 Å². The number of rotatable bonds is 4. The summed E-state index contributed by atoms with van der Waals surface area (Å²) < 4.78 is 1.62. The lowest BCUT2D eigenvalue weighted by Gasteiger charge is -2.40. The number of halogens is 1. The zero-order valence-corrected chi connectivity index (χ0v) is 12.5. The van der Waals surface area contributed by atoms with Gasteiger partial charge in [0.05, 0.1) is 12.1 Å². The Morgan fingerprint density at radius 3 is 2.65 bits per heavy atom. The summed E-state index contributed by atoms with van der Waals surface area (Å²) >= 11 is 6.04. The second-order valence-corrected chi connectivity index (χ2v) is 6.26. The molecule has 0 aromatic carbocycles. The first-order chi connectivity index (χ1) is 9.32. The van der Waals surface area contributed by atoms with Crippen molar-refractivity contribution in [1.29, 1.82) is 0 Å². The van der Waals surface area contributed by atoms with E-state index in [1.807, 2.05) is 20.8 Å². The molecule has 0 radical (unpaired) electrons. The molecule has 0 saturated carbocycles. The average Bonchev–Trinajstić information content (AvgIpc) is 2.83. The van der Waals surface area contributed by atoms with E-state index < -0.39 is 5.60 Å². The van der Waals surface area contributed by atoms with Gasteiger partial charge >= 0.3 is 0 Å². The van der Waals surface area contributed by atoms with E-state index in [9.17, 15) is 5.11 Å². The van der Waals surface area contributed by atoms with Crippen LogP contribution in [-0.2, 0) is 13.0 Å². The molecule has 0 saturated heterocycles. The van der Waals surface area contributed by atoms with E-state index in [2.05, 4.69) is 20.3 Å². The largest absolute Gasteiger partial charge is 0.387 e. The van der Waals surface area contributed by atoms with E-state index in [0.29, 0.717) is 18.1 Å². The van der Waals surface area contributed by atoms with Crippen molar-refractivity contribution >= 4 is 11.6 Å². The zero-order chi connectivity index (χ0) is 14.8. The normalized spacial score (nSPS) is 15.1. The predicted molar refractivity (Wildman–Crippen MR) is 75.2 cm³/mol. The van der Waals surface area contributed by atoms with E-state index in [1.54, 1.807) is 23.3 Å². The molecule has 20 heavy (non-hydrogen) atoms. The van der Waals surface area contributed by atoms with E-state index in [-0.39, 0.29) is 5.41 Å². The van der Waals surface area contributed by atoms with Gasteiger partial charge in [0.25, 0.3) is 0 Å². The lowest BCUT2D eigenvalue weighted by atomic mass is 9.73. The van der Waals surface area contributed by atoms with Crippen molar-refractivity contribution in [2.24, 2.45) is 5.41 Å². The molecule has 1 atom stereocenters. The van der Waals surface area contributed by atoms with Crippen LogP contribution >= 0.6 is 11.6 Å². The van der Waals surface area contributed by atoms with Crippen molar-refractivity contribution in [2.45, 2.75) is 39.3 Å². The van der Waals surface area contributed by atoms with E-state index in [4.69, 9.17) is 11.6 Å². The smallest absolute Gasteiger partial charge is 0.154 e. The summed E-state index contributed by atoms with van der Waals surface area (Å²) in [6.45, 7) is 6.26. The average molecular weight is 296 g/mol. The van der Waals surface area contributed by atoms with Crippen LogP contribution in [-0.4, -0.2) is 35.7 Å². The zero-order valence-electron chi connectivity index (χ0n) is 11.8. The van der Waals surface area contributed by atoms with Gasteiger partial charge in [0, 0.05) is 12.6 Å². The molecular formula is C13H18ClN5O. The van der Waals surface area contributed by atoms with Crippen LogP contribution in [0.15, 0.2) is 24.9 Å². The van der Waals surface area contributed by atoms with Gasteiger partial charge in [0.2, 0.25) is 0 Å². The van der Waals surface area contributed by atoms with E-state index in [0.717, 1.165) is 5.56 Å². The maximum atomic E-state index is 11.1. The minimum Gasteiger partial charge on any atom is -0.387 e. The van der Waals surface area contributed by atoms with Gasteiger partial charge < -0.3 is 5.11 Å². The molecule has 2 rings (SSSR count). The molecule has 108 valence electrons. The highest BCUT2D eigenvalue weighted by Gasteiger charge is 2.41. The topological polar surface area (TPSA) is 76.7 Å². The molecule has 0 amide bonds. The quantitative estimate of drug-likeness (QED) is 0.930. The Labute approximate surface area is 122 Å². The van der Waals surface area contributed by atoms with Gasteiger partial charge in [-0.3, -0.25) is 4.68 Å². The minimum atomic E-state index is -1.03. The Kier molecular flexibility index (Phi) is 4.06. The number of nitrogens with zero attached hydrogens (tertiary/aromatic N) is 5. The fourth-order valence-electron chi connectivity index (χ4n) is 1.93. The fraction of sp³-hybridized carbons (Fsp3) is 0.538. The van der Waals surface area contributed by atoms with Crippen LogP contribution in [0, 0.1) is 5.41 Å². The third-order valence-corrected chi connectivity index (χ3v) is 3.84. The number of hydrogen-bond donors (Lipinski definition) is 1. The fourth-order valence-corrected chi connectivity index (χ4v) is 2.10. The predicted octanol–water partition coefficient (Wildman–Crippen LogP) is 1.74. The molecule has 0 aliphatic rings. The van der Waals surface area contributed by atoms with Gasteiger partial charge in [-0.05, 0) is 17.0 Å². The van der Waals surface area contributed by atoms with Crippen LogP contribution in [0.2, 0.25) is 5.15 Å². The first kappa shape index (κ1) is 14.9. The van der Waals surface area contributed by atoms with Crippen molar-refractivity contribution in [3.05, 3.63) is 35.6 Å². The molecule has 1 unspecified atom stereocenters. The molecule has 2 aromatic rings. The van der Waals surface area contributed by atoms with Crippen molar-refractivity contribution in [1.82, 2.24) is 25.0 Å². The van der Waals surface area contributed by atoms with Crippen LogP contribution in [0.3, 0.4) is 0 Å². The van der Waals surface area contributed by atoms with Gasteiger partial charge in [0.15, 0.2) is 5.15 Å². The lowest BCUT2D eigenvalue weighted by Crippen LogP contribution is -2.48. The van der Waals surface area contributed by atoms with E-state index in [1.165, 1.54) is 6.33 Å². The van der Waals surface area contributed by atoms with Crippen molar-refractivity contribution in [3.63, 3.8) is 0 Å². The molecule has 0 fully saturated rings. The Balaban J connectivity index is 2.31. The summed E-state index contributed by atoms with van der Waals surface area (Å²) in [6, 6.07) is 1.77.